The van der Waals surface area contributed by atoms with E-state index in [1.165, 1.54) is 19.5 Å². The van der Waals surface area contributed by atoms with Gasteiger partial charge in [-0.2, -0.15) is 0 Å². The lowest BCUT2D eigenvalue weighted by atomic mass is 10.1. The van der Waals surface area contributed by atoms with Gasteiger partial charge in [-0.25, -0.2) is 18.7 Å². The van der Waals surface area contributed by atoms with Crippen molar-refractivity contribution in [2.45, 2.75) is 26.0 Å². The van der Waals surface area contributed by atoms with Gasteiger partial charge in [0.1, 0.15) is 17.6 Å². The number of hydrogen-bond acceptors (Lipinski definition) is 5. The van der Waals surface area contributed by atoms with Gasteiger partial charge in [0, 0.05) is 25.4 Å². The molecule has 0 aliphatic heterocycles. The van der Waals surface area contributed by atoms with E-state index in [-0.39, 0.29) is 11.2 Å². The molecule has 0 fully saturated rings. The molecule has 7 nitrogen and oxygen atoms in total. The maximum atomic E-state index is 13.4. The molecule has 1 aromatic carbocycles. The van der Waals surface area contributed by atoms with Gasteiger partial charge in [-0.3, -0.25) is 9.78 Å². The first-order chi connectivity index (χ1) is 12.4. The number of rotatable bonds is 5. The standard InChI is InChI=1S/C17H17F2N5O2/c1-8-6-21-14(7-20-8)17(25)24-15(9(2)26-3)16-22-12-4-10(18)11(19)5-13(12)23-16/h4-7,9,15H,1-3H3,(H,22,23)(H,24,25)/t9-,15+/m1/s1. The minimum absolute atomic E-state index is 0.136. The van der Waals surface area contributed by atoms with E-state index in [0.29, 0.717) is 17.0 Å². The van der Waals surface area contributed by atoms with Crippen molar-refractivity contribution in [1.82, 2.24) is 25.3 Å². The van der Waals surface area contributed by atoms with Crippen LogP contribution in [0.25, 0.3) is 11.0 Å². The Labute approximate surface area is 147 Å². The summed E-state index contributed by atoms with van der Waals surface area (Å²) in [6, 6.07) is 1.32. The maximum Gasteiger partial charge on any atom is 0.272 e. The van der Waals surface area contributed by atoms with Crippen LogP contribution in [0.15, 0.2) is 24.5 Å². The highest BCUT2D eigenvalue weighted by Crippen LogP contribution is 2.22. The minimum Gasteiger partial charge on any atom is -0.379 e. The number of aromatic amines is 1. The highest BCUT2D eigenvalue weighted by Gasteiger charge is 2.26. The van der Waals surface area contributed by atoms with E-state index in [4.69, 9.17) is 4.74 Å². The van der Waals surface area contributed by atoms with Gasteiger partial charge in [-0.15, -0.1) is 0 Å². The van der Waals surface area contributed by atoms with E-state index in [2.05, 4.69) is 25.3 Å². The van der Waals surface area contributed by atoms with Crippen LogP contribution in [0, 0.1) is 18.6 Å². The number of nitrogens with one attached hydrogen (secondary N) is 2. The molecule has 0 radical (unpaired) electrons. The minimum atomic E-state index is -0.995. The van der Waals surface area contributed by atoms with Crippen LogP contribution in [0.4, 0.5) is 8.78 Å². The largest absolute Gasteiger partial charge is 0.379 e. The van der Waals surface area contributed by atoms with Gasteiger partial charge in [0.25, 0.3) is 5.91 Å². The number of methoxy groups -OCH3 is 1. The highest BCUT2D eigenvalue weighted by atomic mass is 19.2. The zero-order valence-electron chi connectivity index (χ0n) is 14.4. The lowest BCUT2D eigenvalue weighted by Gasteiger charge is -2.22. The maximum absolute atomic E-state index is 13.4. The molecule has 0 saturated heterocycles. The third-order valence-corrected chi connectivity index (χ3v) is 3.98. The number of imidazole rings is 1. The predicted molar refractivity (Wildman–Crippen MR) is 89.5 cm³/mol. The lowest BCUT2D eigenvalue weighted by molar-refractivity contribution is 0.0677. The van der Waals surface area contributed by atoms with Crippen LogP contribution < -0.4 is 5.32 Å². The third-order valence-electron chi connectivity index (χ3n) is 3.98. The summed E-state index contributed by atoms with van der Waals surface area (Å²) in [6.07, 6.45) is 2.38. The molecule has 2 heterocycles. The predicted octanol–water partition coefficient (Wildman–Crippen LogP) is 2.45. The Kier molecular flexibility index (Phi) is 4.90. The van der Waals surface area contributed by atoms with Gasteiger partial charge in [-0.05, 0) is 13.8 Å². The Morgan fingerprint density at radius 1 is 1.23 bits per heavy atom. The van der Waals surface area contributed by atoms with E-state index in [1.807, 2.05) is 0 Å². The van der Waals surface area contributed by atoms with Gasteiger partial charge in [0.05, 0.1) is 29.0 Å². The van der Waals surface area contributed by atoms with Gasteiger partial charge in [0.15, 0.2) is 11.6 Å². The van der Waals surface area contributed by atoms with Crippen LogP contribution in [0.3, 0.4) is 0 Å². The number of H-pyrrole nitrogens is 1. The summed E-state index contributed by atoms with van der Waals surface area (Å²) in [7, 11) is 1.48. The molecule has 26 heavy (non-hydrogen) atoms. The summed E-state index contributed by atoms with van der Waals surface area (Å²) in [5.41, 5.74) is 1.38. The number of aromatic nitrogens is 4. The van der Waals surface area contributed by atoms with E-state index in [9.17, 15) is 13.6 Å². The Balaban J connectivity index is 1.93. The van der Waals surface area contributed by atoms with Crippen LogP contribution in [-0.4, -0.2) is 39.1 Å². The van der Waals surface area contributed by atoms with Crippen LogP contribution in [0.2, 0.25) is 0 Å². The molecule has 136 valence electrons. The fourth-order valence-electron chi connectivity index (χ4n) is 2.44. The summed E-state index contributed by atoms with van der Waals surface area (Å²) in [5, 5.41) is 2.76. The quantitative estimate of drug-likeness (QED) is 0.728. The molecule has 3 aromatic rings. The summed E-state index contributed by atoms with van der Waals surface area (Å²) in [5.74, 6) is -2.13. The molecule has 2 aromatic heterocycles. The Morgan fingerprint density at radius 3 is 2.62 bits per heavy atom. The van der Waals surface area contributed by atoms with Crippen molar-refractivity contribution in [3.63, 3.8) is 0 Å². The number of carbonyl (C=O) groups is 1. The number of amides is 1. The second kappa shape index (κ2) is 7.12. The topological polar surface area (TPSA) is 92.8 Å². The normalized spacial score (nSPS) is 13.6. The zero-order valence-corrected chi connectivity index (χ0v) is 14.4. The van der Waals surface area contributed by atoms with Crippen molar-refractivity contribution in [3.05, 3.63) is 53.4 Å². The van der Waals surface area contributed by atoms with E-state index in [0.717, 1.165) is 12.1 Å². The van der Waals surface area contributed by atoms with Gasteiger partial charge >= 0.3 is 0 Å². The zero-order chi connectivity index (χ0) is 18.8. The third kappa shape index (κ3) is 3.52. The summed E-state index contributed by atoms with van der Waals surface area (Å²) < 4.78 is 32.1. The SMILES string of the molecule is CO[C@H](C)[C@H](NC(=O)c1cnc(C)cn1)c1nc2cc(F)c(F)cc2[nH]1. The number of ether oxygens (including phenoxy) is 1. The highest BCUT2D eigenvalue weighted by molar-refractivity contribution is 5.92. The van der Waals surface area contributed by atoms with Crippen LogP contribution >= 0.6 is 0 Å². The van der Waals surface area contributed by atoms with Gasteiger partial charge < -0.3 is 15.0 Å². The molecule has 0 unspecified atom stereocenters. The molecular weight excluding hydrogens is 344 g/mol. The number of aryl methyl sites for hydroxylation is 1. The molecule has 1 amide bonds. The van der Waals surface area contributed by atoms with Crippen LogP contribution in [0.1, 0.15) is 35.0 Å². The molecule has 0 aliphatic carbocycles. The first kappa shape index (κ1) is 17.9. The van der Waals surface area contributed by atoms with Crippen molar-refractivity contribution >= 4 is 16.9 Å². The van der Waals surface area contributed by atoms with E-state index in [1.54, 1.807) is 13.8 Å². The number of nitrogens with zero attached hydrogens (tertiary/aromatic N) is 3. The van der Waals surface area contributed by atoms with Crippen molar-refractivity contribution in [2.24, 2.45) is 0 Å². The van der Waals surface area contributed by atoms with Crippen molar-refractivity contribution < 1.29 is 18.3 Å². The molecule has 0 bridgehead atoms. The lowest BCUT2D eigenvalue weighted by Crippen LogP contribution is -2.37. The Bertz CT molecular complexity index is 903. The monoisotopic (exact) mass is 361 g/mol. The molecule has 2 N–H and O–H groups in total. The number of hydrogen-bond donors (Lipinski definition) is 2. The van der Waals surface area contributed by atoms with Crippen molar-refractivity contribution in [1.29, 1.82) is 0 Å². The molecule has 3 rings (SSSR count). The summed E-state index contributed by atoms with van der Waals surface area (Å²) >= 11 is 0. The first-order valence-corrected chi connectivity index (χ1v) is 7.86. The van der Waals surface area contributed by atoms with Gasteiger partial charge in [-0.1, -0.05) is 0 Å². The molecule has 0 spiro atoms. The number of fused-ring (bicyclic) bond motifs is 1. The second-order valence-electron chi connectivity index (χ2n) is 5.84. The van der Waals surface area contributed by atoms with Crippen LogP contribution in [0.5, 0.6) is 0 Å². The number of carbonyl (C=O) groups excluding carboxylic acids is 1. The fourth-order valence-corrected chi connectivity index (χ4v) is 2.44. The Morgan fingerprint density at radius 2 is 1.96 bits per heavy atom. The molecule has 9 heteroatoms. The van der Waals surface area contributed by atoms with Gasteiger partial charge in [0.2, 0.25) is 0 Å². The summed E-state index contributed by atoms with van der Waals surface area (Å²) in [6.45, 7) is 3.50. The number of benzene rings is 1. The average Bonchev–Trinajstić information content (AvgIpc) is 3.02. The van der Waals surface area contributed by atoms with E-state index < -0.39 is 29.7 Å². The van der Waals surface area contributed by atoms with Crippen molar-refractivity contribution in [3.8, 4) is 0 Å². The molecule has 0 aliphatic rings. The second-order valence-corrected chi connectivity index (χ2v) is 5.84. The number of halogens is 2. The van der Waals surface area contributed by atoms with Crippen molar-refractivity contribution in [2.75, 3.05) is 7.11 Å². The average molecular weight is 361 g/mol. The molecular formula is C17H17F2N5O2. The molecule has 0 saturated carbocycles. The fraction of sp³-hybridized carbons (Fsp3) is 0.294. The van der Waals surface area contributed by atoms with E-state index >= 15 is 0 Å². The van der Waals surface area contributed by atoms with Crippen LogP contribution in [-0.2, 0) is 4.74 Å². The molecule has 2 atom stereocenters. The Hall–Kier alpha value is -2.94. The first-order valence-electron chi connectivity index (χ1n) is 7.86. The summed E-state index contributed by atoms with van der Waals surface area (Å²) in [4.78, 5) is 27.7. The smallest absolute Gasteiger partial charge is 0.272 e.